The number of esters is 1. The van der Waals surface area contributed by atoms with E-state index in [1.165, 1.54) is 0 Å². The minimum atomic E-state index is -1.39. The van der Waals surface area contributed by atoms with Crippen LogP contribution in [0.4, 0.5) is 0 Å². The van der Waals surface area contributed by atoms with Crippen molar-refractivity contribution < 1.29 is 24.5 Å². The maximum atomic E-state index is 12.1. The van der Waals surface area contributed by atoms with Crippen LogP contribution in [0.25, 0.3) is 10.8 Å². The van der Waals surface area contributed by atoms with E-state index in [1.807, 2.05) is 48.5 Å². The number of hydrogen-bond donors (Lipinski definition) is 2. The van der Waals surface area contributed by atoms with Gasteiger partial charge in [-0.2, -0.15) is 0 Å². The summed E-state index contributed by atoms with van der Waals surface area (Å²) in [4.78, 5) is 16.2. The number of benzene rings is 2. The first-order chi connectivity index (χ1) is 12.6. The number of rotatable bonds is 7. The number of para-hydroxylation sites is 1. The molecule has 0 aliphatic rings. The Hall–Kier alpha value is -2.96. The number of aliphatic hydroxyl groups excluding tert-OH is 1. The fourth-order valence-electron chi connectivity index (χ4n) is 2.42. The first-order valence-electron chi connectivity index (χ1n) is 8.28. The number of aromatic nitrogens is 1. The zero-order valence-electron chi connectivity index (χ0n) is 14.0. The van der Waals surface area contributed by atoms with Crippen LogP contribution < -0.4 is 4.74 Å². The molecule has 2 N–H and O–H groups in total. The van der Waals surface area contributed by atoms with Gasteiger partial charge in [-0.1, -0.05) is 18.2 Å². The lowest BCUT2D eigenvalue weighted by Crippen LogP contribution is -2.11. The van der Waals surface area contributed by atoms with Crippen molar-refractivity contribution in [2.24, 2.45) is 0 Å². The van der Waals surface area contributed by atoms with Gasteiger partial charge in [-0.15, -0.1) is 0 Å². The van der Waals surface area contributed by atoms with Gasteiger partial charge in [-0.05, 0) is 48.2 Å². The lowest BCUT2D eigenvalue weighted by molar-refractivity contribution is -0.0494. The normalized spacial score (nSPS) is 10.9. The summed E-state index contributed by atoms with van der Waals surface area (Å²) >= 11 is 0. The Balaban J connectivity index is 1.71. The first kappa shape index (κ1) is 17.8. The summed E-state index contributed by atoms with van der Waals surface area (Å²) in [5.41, 5.74) is 0.193. The SMILES string of the molecule is O=C(OCCCC(O)O)c1cc2cc(Oc3ccccc3)ccc2cn1. The molecule has 0 saturated heterocycles. The Bertz CT molecular complexity index is 880. The Morgan fingerprint density at radius 3 is 2.58 bits per heavy atom. The molecular formula is C20H19NO5. The number of fused-ring (bicyclic) bond motifs is 1. The minimum Gasteiger partial charge on any atom is -0.461 e. The van der Waals surface area contributed by atoms with Crippen molar-refractivity contribution in [2.45, 2.75) is 19.1 Å². The maximum Gasteiger partial charge on any atom is 0.356 e. The second kappa shape index (κ2) is 8.42. The summed E-state index contributed by atoms with van der Waals surface area (Å²) in [5, 5.41) is 19.2. The smallest absolute Gasteiger partial charge is 0.356 e. The van der Waals surface area contributed by atoms with E-state index in [9.17, 15) is 4.79 Å². The number of hydrogen-bond acceptors (Lipinski definition) is 6. The molecule has 0 atom stereocenters. The number of carbonyl (C=O) groups is 1. The van der Waals surface area contributed by atoms with Gasteiger partial charge in [-0.3, -0.25) is 0 Å². The molecule has 134 valence electrons. The van der Waals surface area contributed by atoms with E-state index in [4.69, 9.17) is 19.7 Å². The van der Waals surface area contributed by atoms with Gasteiger partial charge in [0.15, 0.2) is 6.29 Å². The summed E-state index contributed by atoms with van der Waals surface area (Å²) in [6.45, 7) is 0.104. The molecule has 0 bridgehead atoms. The topological polar surface area (TPSA) is 88.9 Å². The average molecular weight is 353 g/mol. The third kappa shape index (κ3) is 4.78. The fourth-order valence-corrected chi connectivity index (χ4v) is 2.42. The summed E-state index contributed by atoms with van der Waals surface area (Å²) in [6.07, 6.45) is 0.732. The molecule has 0 fully saturated rings. The van der Waals surface area contributed by atoms with E-state index >= 15 is 0 Å². The van der Waals surface area contributed by atoms with Crippen molar-refractivity contribution in [2.75, 3.05) is 6.61 Å². The second-order valence-corrected chi connectivity index (χ2v) is 5.75. The standard InChI is InChI=1S/C20H19NO5/c22-19(23)7-4-10-25-20(24)18-12-15-11-17(9-8-14(15)13-21-18)26-16-5-2-1-3-6-16/h1-3,5-6,8-9,11-13,19,22-23H,4,7,10H2. The van der Waals surface area contributed by atoms with Gasteiger partial charge in [0.2, 0.25) is 0 Å². The maximum absolute atomic E-state index is 12.1. The predicted octanol–water partition coefficient (Wildman–Crippen LogP) is 3.27. The van der Waals surface area contributed by atoms with Gasteiger partial charge in [-0.25, -0.2) is 9.78 Å². The van der Waals surface area contributed by atoms with Crippen molar-refractivity contribution in [3.63, 3.8) is 0 Å². The molecule has 0 aliphatic heterocycles. The molecular weight excluding hydrogens is 334 g/mol. The van der Waals surface area contributed by atoms with Crippen LogP contribution in [-0.4, -0.2) is 34.1 Å². The third-order valence-electron chi connectivity index (χ3n) is 3.72. The molecule has 6 nitrogen and oxygen atoms in total. The Kier molecular flexibility index (Phi) is 5.78. The Labute approximate surface area is 150 Å². The quantitative estimate of drug-likeness (QED) is 0.385. The van der Waals surface area contributed by atoms with Crippen molar-refractivity contribution >= 4 is 16.7 Å². The van der Waals surface area contributed by atoms with Gasteiger partial charge in [0, 0.05) is 18.0 Å². The Morgan fingerprint density at radius 1 is 1.00 bits per heavy atom. The molecule has 0 saturated carbocycles. The lowest BCUT2D eigenvalue weighted by atomic mass is 10.1. The zero-order valence-corrected chi connectivity index (χ0v) is 14.0. The van der Waals surface area contributed by atoms with Gasteiger partial charge < -0.3 is 19.7 Å². The number of nitrogens with zero attached hydrogens (tertiary/aromatic N) is 1. The van der Waals surface area contributed by atoms with Crippen LogP contribution in [0, 0.1) is 0 Å². The van der Waals surface area contributed by atoms with Crippen LogP contribution in [0.1, 0.15) is 23.3 Å². The second-order valence-electron chi connectivity index (χ2n) is 5.75. The highest BCUT2D eigenvalue weighted by Crippen LogP contribution is 2.25. The fraction of sp³-hybridized carbons (Fsp3) is 0.200. The third-order valence-corrected chi connectivity index (χ3v) is 3.72. The molecule has 6 heteroatoms. The zero-order chi connectivity index (χ0) is 18.4. The molecule has 1 aromatic heterocycles. The summed E-state index contributed by atoms with van der Waals surface area (Å²) in [7, 11) is 0. The number of ether oxygens (including phenoxy) is 2. The molecule has 1 heterocycles. The van der Waals surface area contributed by atoms with E-state index < -0.39 is 12.3 Å². The van der Waals surface area contributed by atoms with Crippen molar-refractivity contribution in [3.05, 3.63) is 66.5 Å². The summed E-state index contributed by atoms with van der Waals surface area (Å²) in [6, 6.07) is 16.6. The largest absolute Gasteiger partial charge is 0.461 e. The van der Waals surface area contributed by atoms with Crippen LogP contribution in [0.5, 0.6) is 11.5 Å². The predicted molar refractivity (Wildman–Crippen MR) is 96.0 cm³/mol. The summed E-state index contributed by atoms with van der Waals surface area (Å²) in [5.74, 6) is 0.839. The van der Waals surface area contributed by atoms with Crippen LogP contribution in [-0.2, 0) is 4.74 Å². The monoisotopic (exact) mass is 353 g/mol. The number of aliphatic hydroxyl groups is 2. The summed E-state index contributed by atoms with van der Waals surface area (Å²) < 4.78 is 10.9. The van der Waals surface area contributed by atoms with Crippen molar-refractivity contribution in [1.29, 1.82) is 0 Å². The molecule has 26 heavy (non-hydrogen) atoms. The molecule has 3 aromatic rings. The Morgan fingerprint density at radius 2 is 1.81 bits per heavy atom. The average Bonchev–Trinajstić information content (AvgIpc) is 2.65. The van der Waals surface area contributed by atoms with Crippen LogP contribution >= 0.6 is 0 Å². The molecule has 0 unspecified atom stereocenters. The minimum absolute atomic E-state index is 0.104. The van der Waals surface area contributed by atoms with Crippen LogP contribution in [0.2, 0.25) is 0 Å². The van der Waals surface area contributed by atoms with E-state index in [0.717, 1.165) is 16.5 Å². The highest BCUT2D eigenvalue weighted by Gasteiger charge is 2.11. The lowest BCUT2D eigenvalue weighted by Gasteiger charge is -2.08. The van der Waals surface area contributed by atoms with Gasteiger partial charge in [0.25, 0.3) is 0 Å². The van der Waals surface area contributed by atoms with Crippen LogP contribution in [0.3, 0.4) is 0 Å². The van der Waals surface area contributed by atoms with Crippen molar-refractivity contribution in [3.8, 4) is 11.5 Å². The number of pyridine rings is 1. The number of carbonyl (C=O) groups excluding carboxylic acids is 1. The molecule has 0 spiro atoms. The van der Waals surface area contributed by atoms with E-state index in [1.54, 1.807) is 12.3 Å². The first-order valence-corrected chi connectivity index (χ1v) is 8.28. The van der Waals surface area contributed by atoms with Gasteiger partial charge >= 0.3 is 5.97 Å². The van der Waals surface area contributed by atoms with E-state index in [2.05, 4.69) is 4.98 Å². The highest BCUT2D eigenvalue weighted by molar-refractivity contribution is 5.93. The van der Waals surface area contributed by atoms with E-state index in [0.29, 0.717) is 12.2 Å². The van der Waals surface area contributed by atoms with E-state index in [-0.39, 0.29) is 18.7 Å². The molecule has 0 radical (unpaired) electrons. The highest BCUT2D eigenvalue weighted by atomic mass is 16.5. The molecule has 3 rings (SSSR count). The molecule has 2 aromatic carbocycles. The van der Waals surface area contributed by atoms with Gasteiger partial charge in [0.1, 0.15) is 17.2 Å². The van der Waals surface area contributed by atoms with Crippen molar-refractivity contribution in [1.82, 2.24) is 4.98 Å². The molecule has 0 amide bonds. The van der Waals surface area contributed by atoms with Crippen LogP contribution in [0.15, 0.2) is 60.8 Å². The molecule has 0 aliphatic carbocycles. The van der Waals surface area contributed by atoms with Gasteiger partial charge in [0.05, 0.1) is 6.61 Å².